The summed E-state index contributed by atoms with van der Waals surface area (Å²) >= 11 is 0. The van der Waals surface area contributed by atoms with E-state index in [1.165, 1.54) is 10.8 Å². The molecule has 1 fully saturated rings. The lowest BCUT2D eigenvalue weighted by molar-refractivity contribution is -0.159. The van der Waals surface area contributed by atoms with Gasteiger partial charge in [-0.3, -0.25) is 9.59 Å². The van der Waals surface area contributed by atoms with E-state index >= 15 is 0 Å². The molecule has 0 amide bonds. The molecule has 33 heavy (non-hydrogen) atoms. The lowest BCUT2D eigenvalue weighted by atomic mass is 9.93. The van der Waals surface area contributed by atoms with Gasteiger partial charge in [-0.15, -0.1) is 0 Å². The Morgan fingerprint density at radius 2 is 1.97 bits per heavy atom. The second-order valence-electron chi connectivity index (χ2n) is 8.02. The van der Waals surface area contributed by atoms with Crippen LogP contribution in [0.25, 0.3) is 5.52 Å². The van der Waals surface area contributed by atoms with Crippen molar-refractivity contribution < 1.29 is 28.9 Å². The van der Waals surface area contributed by atoms with Gasteiger partial charge < -0.3 is 25.1 Å². The number of rotatable bonds is 7. The van der Waals surface area contributed by atoms with Crippen molar-refractivity contribution in [1.29, 1.82) is 0 Å². The zero-order chi connectivity index (χ0) is 23.6. The Labute approximate surface area is 190 Å². The van der Waals surface area contributed by atoms with Crippen LogP contribution in [0.1, 0.15) is 31.5 Å². The standard InChI is InChI=1S/C23H26N4O6/c1-3-18(28)31-12-16-20(32-19(29)11-14-7-5-4-6-8-14)21(30)23(2,33-16)17-10-9-15-22(24)25-13-26-27(15)17/h4-10,13,16,20-21,30H,3,11-12H2,1-2H3,(H2,24,25,26)/t16-,20-,21-,23+/m1/s1. The topological polar surface area (TPSA) is 138 Å². The summed E-state index contributed by atoms with van der Waals surface area (Å²) in [6, 6.07) is 12.6. The van der Waals surface area contributed by atoms with Gasteiger partial charge in [-0.2, -0.15) is 5.10 Å². The third kappa shape index (κ3) is 4.39. The summed E-state index contributed by atoms with van der Waals surface area (Å²) in [5, 5.41) is 15.5. The molecule has 174 valence electrons. The van der Waals surface area contributed by atoms with E-state index in [4.69, 9.17) is 19.9 Å². The highest BCUT2D eigenvalue weighted by Gasteiger charge is 2.56. The minimum absolute atomic E-state index is 0.0278. The van der Waals surface area contributed by atoms with Gasteiger partial charge in [0, 0.05) is 6.42 Å². The van der Waals surface area contributed by atoms with Gasteiger partial charge in [-0.1, -0.05) is 37.3 Å². The molecular formula is C23H26N4O6. The number of aromatic nitrogens is 3. The summed E-state index contributed by atoms with van der Waals surface area (Å²) < 4.78 is 18.6. The molecule has 3 N–H and O–H groups in total. The summed E-state index contributed by atoms with van der Waals surface area (Å²) in [6.07, 6.45) is -1.71. The number of carbonyl (C=O) groups is 2. The van der Waals surface area contributed by atoms with Crippen LogP contribution in [0.4, 0.5) is 5.82 Å². The van der Waals surface area contributed by atoms with Crippen LogP contribution in [-0.2, 0) is 35.8 Å². The predicted molar refractivity (Wildman–Crippen MR) is 117 cm³/mol. The number of aliphatic hydroxyl groups is 1. The van der Waals surface area contributed by atoms with E-state index in [9.17, 15) is 14.7 Å². The number of benzene rings is 1. The van der Waals surface area contributed by atoms with Gasteiger partial charge in [-0.05, 0) is 24.6 Å². The van der Waals surface area contributed by atoms with Gasteiger partial charge in [0.15, 0.2) is 11.9 Å². The maximum Gasteiger partial charge on any atom is 0.310 e. The fourth-order valence-electron chi connectivity index (χ4n) is 4.01. The van der Waals surface area contributed by atoms with Crippen LogP contribution in [-0.4, -0.2) is 56.6 Å². The highest BCUT2D eigenvalue weighted by atomic mass is 16.6. The number of carbonyl (C=O) groups excluding carboxylic acids is 2. The summed E-state index contributed by atoms with van der Waals surface area (Å²) in [5.74, 6) is -0.687. The molecule has 10 heteroatoms. The lowest BCUT2D eigenvalue weighted by Gasteiger charge is -2.27. The zero-order valence-electron chi connectivity index (χ0n) is 18.4. The Hall–Kier alpha value is -3.50. The molecule has 3 heterocycles. The molecule has 0 saturated carbocycles. The first kappa shape index (κ1) is 22.7. The molecule has 0 aliphatic carbocycles. The van der Waals surface area contributed by atoms with E-state index in [1.54, 1.807) is 26.0 Å². The quantitative estimate of drug-likeness (QED) is 0.507. The van der Waals surface area contributed by atoms with Crippen molar-refractivity contribution in [1.82, 2.24) is 14.6 Å². The van der Waals surface area contributed by atoms with Crippen molar-refractivity contribution >= 4 is 23.3 Å². The van der Waals surface area contributed by atoms with Crippen molar-refractivity contribution in [2.45, 2.75) is 50.6 Å². The van der Waals surface area contributed by atoms with Crippen LogP contribution in [0.2, 0.25) is 0 Å². The molecule has 0 radical (unpaired) electrons. The van der Waals surface area contributed by atoms with Gasteiger partial charge in [0.05, 0.1) is 12.1 Å². The molecule has 10 nitrogen and oxygen atoms in total. The smallest absolute Gasteiger partial charge is 0.310 e. The van der Waals surface area contributed by atoms with Crippen LogP contribution < -0.4 is 5.73 Å². The number of hydrogen-bond donors (Lipinski definition) is 2. The summed E-state index contributed by atoms with van der Waals surface area (Å²) in [4.78, 5) is 28.4. The van der Waals surface area contributed by atoms with Crippen LogP contribution in [0.15, 0.2) is 48.8 Å². The van der Waals surface area contributed by atoms with E-state index in [0.29, 0.717) is 11.2 Å². The summed E-state index contributed by atoms with van der Waals surface area (Å²) in [7, 11) is 0. The monoisotopic (exact) mass is 454 g/mol. The second kappa shape index (κ2) is 9.16. The molecule has 4 rings (SSSR count). The number of fused-ring (bicyclic) bond motifs is 1. The fraction of sp³-hybridized carbons (Fsp3) is 0.391. The van der Waals surface area contributed by atoms with E-state index in [0.717, 1.165) is 5.56 Å². The maximum absolute atomic E-state index is 12.7. The Balaban J connectivity index is 1.62. The van der Waals surface area contributed by atoms with E-state index in [2.05, 4.69) is 10.1 Å². The van der Waals surface area contributed by atoms with Gasteiger partial charge >= 0.3 is 11.9 Å². The fourth-order valence-corrected chi connectivity index (χ4v) is 4.01. The number of ether oxygens (including phenoxy) is 3. The van der Waals surface area contributed by atoms with Crippen molar-refractivity contribution in [2.24, 2.45) is 0 Å². The van der Waals surface area contributed by atoms with Crippen LogP contribution in [0, 0.1) is 0 Å². The Bertz CT molecular complexity index is 1150. The third-order valence-corrected chi connectivity index (χ3v) is 5.78. The van der Waals surface area contributed by atoms with Crippen molar-refractivity contribution in [3.05, 3.63) is 60.0 Å². The van der Waals surface area contributed by atoms with E-state index < -0.39 is 35.9 Å². The molecule has 0 unspecified atom stereocenters. The normalized spacial score (nSPS) is 24.6. The largest absolute Gasteiger partial charge is 0.463 e. The highest BCUT2D eigenvalue weighted by molar-refractivity contribution is 5.73. The number of aliphatic hydroxyl groups excluding tert-OH is 1. The van der Waals surface area contributed by atoms with Gasteiger partial charge in [0.1, 0.15) is 36.3 Å². The predicted octanol–water partition coefficient (Wildman–Crippen LogP) is 1.39. The minimum atomic E-state index is -1.33. The number of anilines is 1. The molecule has 2 aromatic heterocycles. The van der Waals surface area contributed by atoms with E-state index in [1.807, 2.05) is 30.3 Å². The molecule has 0 spiro atoms. The van der Waals surface area contributed by atoms with Crippen molar-refractivity contribution in [2.75, 3.05) is 12.3 Å². The molecule has 1 aromatic carbocycles. The molecule has 1 aliphatic rings. The number of hydrogen-bond acceptors (Lipinski definition) is 9. The first-order valence-corrected chi connectivity index (χ1v) is 10.7. The van der Waals surface area contributed by atoms with Crippen molar-refractivity contribution in [3.8, 4) is 0 Å². The first-order valence-electron chi connectivity index (χ1n) is 10.7. The Morgan fingerprint density at radius 3 is 2.70 bits per heavy atom. The molecule has 4 atom stereocenters. The van der Waals surface area contributed by atoms with Crippen LogP contribution >= 0.6 is 0 Å². The first-order chi connectivity index (χ1) is 15.8. The summed E-state index contributed by atoms with van der Waals surface area (Å²) in [5.41, 5.74) is 6.42. The average molecular weight is 454 g/mol. The average Bonchev–Trinajstić information content (AvgIpc) is 3.35. The van der Waals surface area contributed by atoms with Gasteiger partial charge in [0.2, 0.25) is 0 Å². The molecule has 3 aromatic rings. The molecule has 1 saturated heterocycles. The lowest BCUT2D eigenvalue weighted by Crippen LogP contribution is -2.42. The summed E-state index contributed by atoms with van der Waals surface area (Å²) in [6.45, 7) is 3.16. The van der Waals surface area contributed by atoms with Crippen LogP contribution in [0.5, 0.6) is 0 Å². The molecular weight excluding hydrogens is 428 g/mol. The molecule has 0 bridgehead atoms. The van der Waals surface area contributed by atoms with Crippen molar-refractivity contribution in [3.63, 3.8) is 0 Å². The SMILES string of the molecule is CCC(=O)OC[C@H]1O[C@@](C)(c2ccc3c(N)ncnn23)[C@H](O)[C@@H]1OC(=O)Cc1ccccc1. The van der Waals surface area contributed by atoms with Crippen LogP contribution in [0.3, 0.4) is 0 Å². The Morgan fingerprint density at radius 1 is 1.21 bits per heavy atom. The van der Waals surface area contributed by atoms with Gasteiger partial charge in [-0.25, -0.2) is 9.50 Å². The zero-order valence-corrected chi connectivity index (χ0v) is 18.4. The van der Waals surface area contributed by atoms with Gasteiger partial charge in [0.25, 0.3) is 0 Å². The number of nitrogen functional groups attached to an aromatic ring is 1. The van der Waals surface area contributed by atoms with E-state index in [-0.39, 0.29) is 25.3 Å². The third-order valence-electron chi connectivity index (χ3n) is 5.78. The second-order valence-corrected chi connectivity index (χ2v) is 8.02. The number of esters is 2. The maximum atomic E-state index is 12.7. The Kier molecular flexibility index (Phi) is 6.30. The highest BCUT2D eigenvalue weighted by Crippen LogP contribution is 2.41. The molecule has 1 aliphatic heterocycles. The minimum Gasteiger partial charge on any atom is -0.463 e. The number of nitrogens with two attached hydrogens (primary N) is 1. The number of nitrogens with zero attached hydrogens (tertiary/aromatic N) is 3.